The molecule has 0 atom stereocenters. The summed E-state index contributed by atoms with van der Waals surface area (Å²) in [6, 6.07) is 3.62. The van der Waals surface area contributed by atoms with E-state index in [1.165, 1.54) is 12.1 Å². The maximum atomic E-state index is 12.4. The van der Waals surface area contributed by atoms with Gasteiger partial charge < -0.3 is 0 Å². The molecule has 20 heavy (non-hydrogen) atoms. The Hall–Kier alpha value is -1.39. The molecule has 108 valence electrons. The summed E-state index contributed by atoms with van der Waals surface area (Å²) in [5, 5.41) is 0. The van der Waals surface area contributed by atoms with Crippen molar-refractivity contribution in [1.29, 1.82) is 0 Å². The lowest BCUT2D eigenvalue weighted by Gasteiger charge is -2.08. The first-order valence-corrected chi connectivity index (χ1v) is 7.55. The van der Waals surface area contributed by atoms with Crippen LogP contribution in [0.15, 0.2) is 28.6 Å². The molecule has 0 aliphatic rings. The Kier molecular flexibility index (Phi) is 3.89. The molecule has 2 aromatic heterocycles. The van der Waals surface area contributed by atoms with Crippen molar-refractivity contribution in [1.82, 2.24) is 9.97 Å². The lowest BCUT2D eigenvalue weighted by molar-refractivity contribution is -0.144. The Balaban J connectivity index is 2.31. The molecule has 0 saturated heterocycles. The Labute approximate surface area is 120 Å². The molecule has 0 aromatic carbocycles. The van der Waals surface area contributed by atoms with E-state index in [0.29, 0.717) is 0 Å². The van der Waals surface area contributed by atoms with Gasteiger partial charge >= 0.3 is 6.18 Å². The van der Waals surface area contributed by atoms with E-state index in [0.717, 1.165) is 23.6 Å². The molecule has 0 spiro atoms. The SMILES string of the molecule is O=S(=O)(Nc1ccnc(C(F)(F)F)n1)c1ccc(Cl)s1. The standard InChI is InChI=1S/C9H5ClF3N3O2S2/c10-5-1-2-7(19-5)20(17,18)16-6-3-4-14-8(15-6)9(11,12)13/h1-4H,(H,14,15,16). The fourth-order valence-corrected chi connectivity index (χ4v) is 3.67. The third-order valence-corrected chi connectivity index (χ3v) is 5.04. The molecular weight excluding hydrogens is 339 g/mol. The summed E-state index contributed by atoms with van der Waals surface area (Å²) in [5.41, 5.74) is 0. The molecular formula is C9H5ClF3N3O2S2. The molecule has 0 unspecified atom stereocenters. The summed E-state index contributed by atoms with van der Waals surface area (Å²) >= 11 is 6.38. The summed E-state index contributed by atoms with van der Waals surface area (Å²) in [5.74, 6) is -1.90. The highest BCUT2D eigenvalue weighted by Gasteiger charge is 2.35. The molecule has 1 N–H and O–H groups in total. The molecule has 0 fully saturated rings. The van der Waals surface area contributed by atoms with Crippen molar-refractivity contribution >= 4 is 38.8 Å². The van der Waals surface area contributed by atoms with Crippen LogP contribution in [0.5, 0.6) is 0 Å². The number of halogens is 4. The van der Waals surface area contributed by atoms with Crippen LogP contribution in [-0.4, -0.2) is 18.4 Å². The molecule has 0 amide bonds. The van der Waals surface area contributed by atoms with Gasteiger partial charge in [-0.1, -0.05) is 11.6 Å². The van der Waals surface area contributed by atoms with Gasteiger partial charge in [0, 0.05) is 6.20 Å². The topological polar surface area (TPSA) is 72.0 Å². The van der Waals surface area contributed by atoms with Gasteiger partial charge in [-0.15, -0.1) is 11.3 Å². The largest absolute Gasteiger partial charge is 0.451 e. The highest BCUT2D eigenvalue weighted by atomic mass is 35.5. The highest BCUT2D eigenvalue weighted by molar-refractivity contribution is 7.94. The van der Waals surface area contributed by atoms with Gasteiger partial charge in [0.15, 0.2) is 0 Å². The van der Waals surface area contributed by atoms with Gasteiger partial charge in [0.25, 0.3) is 10.0 Å². The lowest BCUT2D eigenvalue weighted by Crippen LogP contribution is -2.16. The molecule has 2 rings (SSSR count). The van der Waals surface area contributed by atoms with Gasteiger partial charge in [-0.2, -0.15) is 13.2 Å². The van der Waals surface area contributed by atoms with Crippen LogP contribution < -0.4 is 4.72 Å². The average Bonchev–Trinajstić information content (AvgIpc) is 2.75. The maximum absolute atomic E-state index is 12.4. The number of rotatable bonds is 3. The average molecular weight is 344 g/mol. The van der Waals surface area contributed by atoms with Crippen molar-refractivity contribution in [3.8, 4) is 0 Å². The van der Waals surface area contributed by atoms with Gasteiger partial charge in [-0.05, 0) is 18.2 Å². The van der Waals surface area contributed by atoms with Gasteiger partial charge in [0.2, 0.25) is 5.82 Å². The van der Waals surface area contributed by atoms with Crippen molar-refractivity contribution in [2.75, 3.05) is 4.72 Å². The minimum absolute atomic E-state index is 0.130. The van der Waals surface area contributed by atoms with Crippen LogP contribution in [0.3, 0.4) is 0 Å². The lowest BCUT2D eigenvalue weighted by atomic mass is 10.5. The summed E-state index contributed by atoms with van der Waals surface area (Å²) in [6.45, 7) is 0. The first kappa shape index (κ1) is 15.0. The van der Waals surface area contributed by atoms with Crippen molar-refractivity contribution in [2.45, 2.75) is 10.4 Å². The van der Waals surface area contributed by atoms with E-state index in [1.807, 2.05) is 4.72 Å². The highest BCUT2D eigenvalue weighted by Crippen LogP contribution is 2.28. The molecule has 0 saturated carbocycles. The number of hydrogen-bond acceptors (Lipinski definition) is 5. The zero-order chi connectivity index (χ0) is 15.0. The molecule has 2 heterocycles. The molecule has 0 aliphatic heterocycles. The summed E-state index contributed by atoms with van der Waals surface area (Å²) in [6.07, 6.45) is -3.94. The maximum Gasteiger partial charge on any atom is 0.451 e. The van der Waals surface area contributed by atoms with E-state index in [1.54, 1.807) is 0 Å². The second-order valence-corrected chi connectivity index (χ2v) is 7.05. The van der Waals surface area contributed by atoms with E-state index < -0.39 is 27.8 Å². The van der Waals surface area contributed by atoms with Crippen LogP contribution >= 0.6 is 22.9 Å². The van der Waals surface area contributed by atoms with E-state index in [9.17, 15) is 21.6 Å². The van der Waals surface area contributed by atoms with E-state index in [2.05, 4.69) is 9.97 Å². The number of aromatic nitrogens is 2. The predicted octanol–water partition coefficient (Wildman–Crippen LogP) is 3.01. The van der Waals surface area contributed by atoms with Crippen LogP contribution in [-0.2, 0) is 16.2 Å². The minimum atomic E-state index is -4.76. The molecule has 0 bridgehead atoms. The van der Waals surface area contributed by atoms with Crippen LogP contribution in [0.4, 0.5) is 19.0 Å². The Bertz CT molecular complexity index is 730. The first-order chi connectivity index (χ1) is 9.18. The molecule has 2 aromatic rings. The van der Waals surface area contributed by atoms with Gasteiger partial charge in [0.05, 0.1) is 4.34 Å². The molecule has 5 nitrogen and oxygen atoms in total. The molecule has 0 radical (unpaired) electrons. The zero-order valence-corrected chi connectivity index (χ0v) is 11.7. The zero-order valence-electron chi connectivity index (χ0n) is 9.35. The molecule has 0 aliphatic carbocycles. The first-order valence-electron chi connectivity index (χ1n) is 4.87. The van der Waals surface area contributed by atoms with E-state index in [4.69, 9.17) is 11.6 Å². The quantitative estimate of drug-likeness (QED) is 0.929. The van der Waals surface area contributed by atoms with Crippen molar-refractivity contribution < 1.29 is 21.6 Å². The number of alkyl halides is 3. The monoisotopic (exact) mass is 343 g/mol. The molecule has 11 heteroatoms. The summed E-state index contributed by atoms with van der Waals surface area (Å²) in [7, 11) is -4.03. The number of hydrogen-bond donors (Lipinski definition) is 1. The van der Waals surface area contributed by atoms with Gasteiger partial charge in [-0.3, -0.25) is 4.72 Å². The summed E-state index contributed by atoms with van der Waals surface area (Å²) < 4.78 is 63.0. The Morgan fingerprint density at radius 2 is 1.95 bits per heavy atom. The number of thiophene rings is 1. The van der Waals surface area contributed by atoms with Crippen LogP contribution in [0.1, 0.15) is 5.82 Å². The van der Waals surface area contributed by atoms with Crippen LogP contribution in [0.25, 0.3) is 0 Å². The normalized spacial score (nSPS) is 12.4. The Morgan fingerprint density at radius 1 is 1.25 bits per heavy atom. The smallest absolute Gasteiger partial charge is 0.263 e. The van der Waals surface area contributed by atoms with Crippen molar-refractivity contribution in [3.63, 3.8) is 0 Å². The summed E-state index contributed by atoms with van der Waals surface area (Å²) in [4.78, 5) is 6.13. The second-order valence-electron chi connectivity index (χ2n) is 3.43. The minimum Gasteiger partial charge on any atom is -0.263 e. The third kappa shape index (κ3) is 3.38. The number of nitrogens with one attached hydrogen (secondary N) is 1. The fourth-order valence-electron chi connectivity index (χ4n) is 1.18. The van der Waals surface area contributed by atoms with Gasteiger partial charge in [-0.25, -0.2) is 18.4 Å². The number of sulfonamides is 1. The third-order valence-electron chi connectivity index (χ3n) is 1.96. The van der Waals surface area contributed by atoms with Crippen molar-refractivity contribution in [3.05, 3.63) is 34.6 Å². The van der Waals surface area contributed by atoms with Crippen molar-refractivity contribution in [2.24, 2.45) is 0 Å². The van der Waals surface area contributed by atoms with Crippen LogP contribution in [0, 0.1) is 0 Å². The van der Waals surface area contributed by atoms with Gasteiger partial charge in [0.1, 0.15) is 10.0 Å². The fraction of sp³-hybridized carbons (Fsp3) is 0.111. The number of nitrogens with zero attached hydrogens (tertiary/aromatic N) is 2. The van der Waals surface area contributed by atoms with E-state index >= 15 is 0 Å². The second kappa shape index (κ2) is 5.19. The van der Waals surface area contributed by atoms with Crippen LogP contribution in [0.2, 0.25) is 4.34 Å². The predicted molar refractivity (Wildman–Crippen MR) is 67.2 cm³/mol. The Morgan fingerprint density at radius 3 is 2.50 bits per heavy atom. The number of anilines is 1. The van der Waals surface area contributed by atoms with E-state index in [-0.39, 0.29) is 8.55 Å².